The largest absolute Gasteiger partial charge is 0.467 e. The fraction of sp³-hybridized carbons (Fsp3) is 0.514. The molecule has 2 aliphatic rings. The van der Waals surface area contributed by atoms with Gasteiger partial charge in [-0.2, -0.15) is 0 Å². The molecule has 1 amide bonds. The van der Waals surface area contributed by atoms with E-state index in [0.29, 0.717) is 0 Å². The third-order valence-electron chi connectivity index (χ3n) is 7.88. The lowest BCUT2D eigenvalue weighted by atomic mass is 9.94. The van der Waals surface area contributed by atoms with Crippen molar-refractivity contribution in [3.05, 3.63) is 71.8 Å². The monoisotopic (exact) mass is 717 g/mol. The van der Waals surface area contributed by atoms with Crippen molar-refractivity contribution in [1.82, 2.24) is 5.32 Å². The minimum Gasteiger partial charge on any atom is -0.467 e. The van der Waals surface area contributed by atoms with Gasteiger partial charge >= 0.3 is 23.9 Å². The molecule has 2 fully saturated rings. The van der Waals surface area contributed by atoms with Gasteiger partial charge < -0.3 is 53.1 Å². The fourth-order valence-electron chi connectivity index (χ4n) is 5.74. The van der Waals surface area contributed by atoms with Crippen molar-refractivity contribution in [3.8, 4) is 0 Å². The van der Waals surface area contributed by atoms with E-state index in [1.54, 1.807) is 24.3 Å². The van der Waals surface area contributed by atoms with Crippen molar-refractivity contribution in [2.24, 2.45) is 0 Å². The third-order valence-corrected chi connectivity index (χ3v) is 7.88. The van der Waals surface area contributed by atoms with E-state index < -0.39 is 97.7 Å². The Morgan fingerprint density at radius 3 is 1.76 bits per heavy atom. The molecule has 0 aliphatic carbocycles. The topological polar surface area (TPSA) is 201 Å². The van der Waals surface area contributed by atoms with E-state index in [9.17, 15) is 29.1 Å². The van der Waals surface area contributed by atoms with Crippen LogP contribution in [0.25, 0.3) is 0 Å². The van der Waals surface area contributed by atoms with Gasteiger partial charge in [0.2, 0.25) is 5.91 Å². The van der Waals surface area contributed by atoms with E-state index in [2.05, 4.69) is 5.32 Å². The number of nitrogens with one attached hydrogen (secondary N) is 1. The zero-order valence-corrected chi connectivity index (χ0v) is 28.8. The van der Waals surface area contributed by atoms with Crippen molar-refractivity contribution in [2.75, 3.05) is 13.7 Å². The lowest BCUT2D eigenvalue weighted by Gasteiger charge is -2.48. The molecular weight excluding hydrogens is 674 g/mol. The van der Waals surface area contributed by atoms with Gasteiger partial charge in [0, 0.05) is 27.7 Å². The van der Waals surface area contributed by atoms with Gasteiger partial charge in [0.15, 0.2) is 30.9 Å². The number of esters is 4. The molecule has 0 unspecified atom stereocenters. The summed E-state index contributed by atoms with van der Waals surface area (Å²) in [5.41, 5.74) is 1.49. The lowest BCUT2D eigenvalue weighted by Crippen LogP contribution is -2.69. The number of rotatable bonds is 14. The van der Waals surface area contributed by atoms with Gasteiger partial charge in [-0.05, 0) is 11.1 Å². The molecule has 278 valence electrons. The normalized spacial score (nSPS) is 28.9. The first-order valence-electron chi connectivity index (χ1n) is 16.2. The average Bonchev–Trinajstić information content (AvgIpc) is 3.09. The van der Waals surface area contributed by atoms with E-state index in [4.69, 9.17) is 42.6 Å². The number of benzene rings is 2. The number of methoxy groups -OCH3 is 1. The summed E-state index contributed by atoms with van der Waals surface area (Å²) in [5.74, 6) is -3.86. The first kappa shape index (κ1) is 39.3. The van der Waals surface area contributed by atoms with Crippen LogP contribution in [-0.4, -0.2) is 110 Å². The Morgan fingerprint density at radius 2 is 1.25 bits per heavy atom. The summed E-state index contributed by atoms with van der Waals surface area (Å²) in [6.45, 7) is 4.03. The first-order chi connectivity index (χ1) is 24.4. The van der Waals surface area contributed by atoms with Crippen LogP contribution >= 0.6 is 0 Å². The molecule has 16 heteroatoms. The molecule has 0 aromatic heterocycles. The second-order valence-electron chi connectivity index (χ2n) is 11.8. The standard InChI is InChI=1S/C35H43NO15/c1-19(37)36-26-28(48-22(4)40)27(47-21(3)39)25(18-44-20(2)38)49-35(26)51-30-29(45-16-23-12-8-6-9-13-23)31(34(42)50-32(30)33(41)43-5)46-17-24-14-10-7-11-15-24/h6-15,25-32,34-35,42H,16-18H2,1-5H3,(H,36,37)/t25-,26-,27-,28-,29+,30+,31-,32+,34+,35+/m1/s1. The number of aliphatic hydroxyl groups is 1. The quantitative estimate of drug-likeness (QED) is 0.208. The molecule has 2 aromatic rings. The summed E-state index contributed by atoms with van der Waals surface area (Å²) >= 11 is 0. The fourth-order valence-corrected chi connectivity index (χ4v) is 5.74. The Hall–Kier alpha value is -4.45. The van der Waals surface area contributed by atoms with Crippen LogP contribution in [0, 0.1) is 0 Å². The van der Waals surface area contributed by atoms with Crippen LogP contribution < -0.4 is 5.32 Å². The van der Waals surface area contributed by atoms with E-state index in [1.165, 1.54) is 6.92 Å². The molecule has 2 saturated heterocycles. The number of amides is 1. The predicted molar refractivity (Wildman–Crippen MR) is 172 cm³/mol. The Bertz CT molecular complexity index is 1470. The summed E-state index contributed by atoms with van der Waals surface area (Å²) < 4.78 is 52.1. The van der Waals surface area contributed by atoms with Gasteiger partial charge in [0.25, 0.3) is 0 Å². The Kier molecular flexibility index (Phi) is 14.4. The second kappa shape index (κ2) is 18.7. The Morgan fingerprint density at radius 1 is 0.706 bits per heavy atom. The molecule has 10 atom stereocenters. The lowest BCUT2D eigenvalue weighted by molar-refractivity contribution is -0.346. The molecule has 2 aromatic carbocycles. The summed E-state index contributed by atoms with van der Waals surface area (Å²) in [5, 5.41) is 13.8. The summed E-state index contributed by atoms with van der Waals surface area (Å²) in [6, 6.07) is 16.7. The van der Waals surface area contributed by atoms with Crippen LogP contribution in [0.1, 0.15) is 38.8 Å². The van der Waals surface area contributed by atoms with Crippen LogP contribution in [-0.2, 0) is 79.8 Å². The Labute approximate surface area is 294 Å². The zero-order valence-electron chi connectivity index (χ0n) is 28.8. The second-order valence-corrected chi connectivity index (χ2v) is 11.8. The van der Waals surface area contributed by atoms with E-state index in [-0.39, 0.29) is 13.2 Å². The van der Waals surface area contributed by atoms with Crippen molar-refractivity contribution < 1.29 is 71.7 Å². The smallest absolute Gasteiger partial charge is 0.337 e. The molecule has 2 aliphatic heterocycles. The highest BCUT2D eigenvalue weighted by molar-refractivity contribution is 5.76. The molecule has 0 bridgehead atoms. The van der Waals surface area contributed by atoms with Gasteiger partial charge in [-0.25, -0.2) is 4.79 Å². The SMILES string of the molecule is COC(=O)[C@H]1O[C@H](O)[C@H](OCc2ccccc2)[C@@H](OCc2ccccc2)[C@@H]1O[C@@H]1O[C@H](COC(C)=O)[C@@H](OC(C)=O)[C@H](OC(C)=O)[C@H]1NC(C)=O. The highest BCUT2D eigenvalue weighted by Crippen LogP contribution is 2.34. The van der Waals surface area contributed by atoms with Crippen molar-refractivity contribution in [1.29, 1.82) is 0 Å². The highest BCUT2D eigenvalue weighted by Gasteiger charge is 2.56. The number of carbonyl (C=O) groups is 5. The highest BCUT2D eigenvalue weighted by atomic mass is 16.7. The van der Waals surface area contributed by atoms with Gasteiger partial charge in [-0.1, -0.05) is 60.7 Å². The van der Waals surface area contributed by atoms with Crippen molar-refractivity contribution in [2.45, 2.75) is 102 Å². The average molecular weight is 718 g/mol. The van der Waals surface area contributed by atoms with Crippen molar-refractivity contribution >= 4 is 29.8 Å². The minimum atomic E-state index is -1.71. The predicted octanol–water partition coefficient (Wildman–Crippen LogP) is 1.09. The number of hydrogen-bond acceptors (Lipinski definition) is 15. The zero-order chi connectivity index (χ0) is 37.1. The van der Waals surface area contributed by atoms with E-state index >= 15 is 0 Å². The molecule has 0 spiro atoms. The van der Waals surface area contributed by atoms with Crippen LogP contribution in [0.5, 0.6) is 0 Å². The number of aliphatic hydroxyl groups excluding tert-OH is 1. The van der Waals surface area contributed by atoms with E-state index in [0.717, 1.165) is 39.0 Å². The molecule has 4 rings (SSSR count). The van der Waals surface area contributed by atoms with Crippen molar-refractivity contribution in [3.63, 3.8) is 0 Å². The molecular formula is C35H43NO15. The van der Waals surface area contributed by atoms with Gasteiger partial charge in [-0.15, -0.1) is 0 Å². The minimum absolute atomic E-state index is 0.00420. The van der Waals surface area contributed by atoms with Crippen LogP contribution in [0.15, 0.2) is 60.7 Å². The summed E-state index contributed by atoms with van der Waals surface area (Å²) in [6.07, 6.45) is -13.1. The van der Waals surface area contributed by atoms with Gasteiger partial charge in [0.1, 0.15) is 37.1 Å². The molecule has 2 N–H and O–H groups in total. The maximum atomic E-state index is 13.2. The van der Waals surface area contributed by atoms with Crippen LogP contribution in [0.4, 0.5) is 0 Å². The van der Waals surface area contributed by atoms with E-state index in [1.807, 2.05) is 36.4 Å². The van der Waals surface area contributed by atoms with Gasteiger partial charge in [0.05, 0.1) is 20.3 Å². The Balaban J connectivity index is 1.78. The number of carbonyl (C=O) groups excluding carboxylic acids is 5. The number of hydrogen-bond donors (Lipinski definition) is 2. The molecule has 2 heterocycles. The first-order valence-corrected chi connectivity index (χ1v) is 16.2. The van der Waals surface area contributed by atoms with Gasteiger partial charge in [-0.3, -0.25) is 19.2 Å². The number of ether oxygens (including phenoxy) is 9. The molecule has 0 radical (unpaired) electrons. The molecule has 0 saturated carbocycles. The third kappa shape index (κ3) is 11.0. The summed E-state index contributed by atoms with van der Waals surface area (Å²) in [7, 11) is 1.11. The maximum Gasteiger partial charge on any atom is 0.337 e. The molecule has 16 nitrogen and oxygen atoms in total. The maximum absolute atomic E-state index is 13.2. The molecule has 51 heavy (non-hydrogen) atoms. The summed E-state index contributed by atoms with van der Waals surface area (Å²) in [4.78, 5) is 62.2. The van der Waals surface area contributed by atoms with Crippen LogP contribution in [0.3, 0.4) is 0 Å². The van der Waals surface area contributed by atoms with Crippen LogP contribution in [0.2, 0.25) is 0 Å².